The Morgan fingerprint density at radius 1 is 1.42 bits per heavy atom. The zero-order valence-electron chi connectivity index (χ0n) is 11.3. The van der Waals surface area contributed by atoms with E-state index in [1.807, 2.05) is 13.8 Å². The molecule has 0 bridgehead atoms. The van der Waals surface area contributed by atoms with Crippen molar-refractivity contribution in [1.29, 1.82) is 0 Å². The summed E-state index contributed by atoms with van der Waals surface area (Å²) >= 11 is 0. The average Bonchev–Trinajstić information content (AvgIpc) is 2.84. The van der Waals surface area contributed by atoms with Crippen LogP contribution in [0.15, 0.2) is 18.2 Å². The van der Waals surface area contributed by atoms with Crippen molar-refractivity contribution in [3.8, 4) is 0 Å². The van der Waals surface area contributed by atoms with E-state index in [0.717, 1.165) is 31.2 Å². The number of carbonyl (C=O) groups excluding carboxylic acids is 1. The Balaban J connectivity index is 2.22. The van der Waals surface area contributed by atoms with Crippen LogP contribution < -0.4 is 5.32 Å². The fraction of sp³-hybridized carbons (Fsp3) is 0.533. The molecule has 1 saturated heterocycles. The molecule has 1 atom stereocenters. The van der Waals surface area contributed by atoms with E-state index in [9.17, 15) is 13.6 Å². The lowest BCUT2D eigenvalue weighted by molar-refractivity contribution is -0.129. The third-order valence-corrected chi connectivity index (χ3v) is 4.21. The van der Waals surface area contributed by atoms with E-state index >= 15 is 0 Å². The van der Waals surface area contributed by atoms with E-state index in [-0.39, 0.29) is 23.7 Å². The largest absolute Gasteiger partial charge is 0.316 e. The lowest BCUT2D eigenvalue weighted by atomic mass is 9.71. The van der Waals surface area contributed by atoms with E-state index in [4.69, 9.17) is 0 Å². The van der Waals surface area contributed by atoms with Gasteiger partial charge in [-0.15, -0.1) is 0 Å². The van der Waals surface area contributed by atoms with Gasteiger partial charge in [-0.2, -0.15) is 0 Å². The Morgan fingerprint density at radius 3 is 2.74 bits per heavy atom. The first-order valence-electron chi connectivity index (χ1n) is 6.63. The number of nitrogens with one attached hydrogen (secondary N) is 1. The topological polar surface area (TPSA) is 29.1 Å². The molecule has 0 spiro atoms. The molecule has 1 fully saturated rings. The van der Waals surface area contributed by atoms with Gasteiger partial charge in [0.2, 0.25) is 0 Å². The van der Waals surface area contributed by atoms with E-state index in [2.05, 4.69) is 5.32 Å². The maximum Gasteiger partial charge on any atom is 0.145 e. The number of carbonyl (C=O) groups is 1. The molecule has 0 saturated carbocycles. The Morgan fingerprint density at radius 2 is 2.16 bits per heavy atom. The molecule has 0 amide bonds. The van der Waals surface area contributed by atoms with Gasteiger partial charge >= 0.3 is 0 Å². The summed E-state index contributed by atoms with van der Waals surface area (Å²) in [7, 11) is 0. The first-order valence-corrected chi connectivity index (χ1v) is 6.63. The highest BCUT2D eigenvalue weighted by molar-refractivity contribution is 5.87. The fourth-order valence-electron chi connectivity index (χ4n) is 2.79. The highest BCUT2D eigenvalue weighted by Crippen LogP contribution is 2.36. The second-order valence-corrected chi connectivity index (χ2v) is 5.57. The summed E-state index contributed by atoms with van der Waals surface area (Å²) in [6.07, 6.45) is 0.726. The third-order valence-electron chi connectivity index (χ3n) is 4.21. The molecule has 1 aromatic rings. The summed E-state index contributed by atoms with van der Waals surface area (Å²) < 4.78 is 26.7. The molecule has 1 unspecified atom stereocenters. The zero-order chi connectivity index (χ0) is 14.0. The molecule has 2 nitrogen and oxygen atoms in total. The van der Waals surface area contributed by atoms with Crippen molar-refractivity contribution in [3.63, 3.8) is 0 Å². The van der Waals surface area contributed by atoms with Crippen LogP contribution >= 0.6 is 0 Å². The highest BCUT2D eigenvalue weighted by atomic mass is 19.1. The van der Waals surface area contributed by atoms with Gasteiger partial charge in [0.25, 0.3) is 0 Å². The number of rotatable bonds is 4. The van der Waals surface area contributed by atoms with Gasteiger partial charge in [-0.25, -0.2) is 8.78 Å². The molecule has 2 rings (SSSR count). The summed E-state index contributed by atoms with van der Waals surface area (Å²) in [5.41, 5.74) is -0.296. The van der Waals surface area contributed by atoms with E-state index < -0.39 is 17.0 Å². The predicted molar refractivity (Wildman–Crippen MR) is 69.8 cm³/mol. The van der Waals surface area contributed by atoms with E-state index in [1.165, 1.54) is 0 Å². The van der Waals surface area contributed by atoms with Crippen LogP contribution in [0.5, 0.6) is 0 Å². The Kier molecular flexibility index (Phi) is 3.99. The van der Waals surface area contributed by atoms with Crippen molar-refractivity contribution in [3.05, 3.63) is 35.4 Å². The molecule has 1 N–H and O–H groups in total. The van der Waals surface area contributed by atoms with Crippen molar-refractivity contribution in [2.75, 3.05) is 13.1 Å². The molecule has 0 aromatic heterocycles. The SMILES string of the molecule is CC(C)C1(C(=O)Cc2cc(F)ccc2F)CCNC1. The molecule has 0 radical (unpaired) electrons. The number of hydrogen-bond acceptors (Lipinski definition) is 2. The molecule has 1 heterocycles. The maximum absolute atomic E-state index is 13.6. The summed E-state index contributed by atoms with van der Waals surface area (Å²) in [5.74, 6) is -0.837. The van der Waals surface area contributed by atoms with Crippen LogP contribution in [0.2, 0.25) is 0 Å². The Hall–Kier alpha value is -1.29. The van der Waals surface area contributed by atoms with Gasteiger partial charge in [-0.1, -0.05) is 13.8 Å². The Bertz CT molecular complexity index is 479. The monoisotopic (exact) mass is 267 g/mol. The fourth-order valence-corrected chi connectivity index (χ4v) is 2.79. The van der Waals surface area contributed by atoms with Crippen LogP contribution in [0.4, 0.5) is 8.78 Å². The number of ketones is 1. The number of Topliss-reactive ketones (excluding diaryl/α,β-unsaturated/α-hetero) is 1. The molecular weight excluding hydrogens is 248 g/mol. The minimum atomic E-state index is -0.514. The van der Waals surface area contributed by atoms with Crippen molar-refractivity contribution < 1.29 is 13.6 Å². The van der Waals surface area contributed by atoms with Crippen LogP contribution in [0.1, 0.15) is 25.8 Å². The average molecular weight is 267 g/mol. The standard InChI is InChI=1S/C15H19F2NO/c1-10(2)15(5-6-18-9-15)14(19)8-11-7-12(16)3-4-13(11)17/h3-4,7,10,18H,5-6,8-9H2,1-2H3. The number of benzene rings is 1. The number of halogens is 2. The lowest BCUT2D eigenvalue weighted by Crippen LogP contribution is -2.39. The summed E-state index contributed by atoms with van der Waals surface area (Å²) in [6, 6.07) is 3.26. The van der Waals surface area contributed by atoms with Crippen LogP contribution in [0, 0.1) is 23.0 Å². The Labute approximate surface area is 112 Å². The summed E-state index contributed by atoms with van der Waals surface area (Å²) in [4.78, 5) is 12.5. The molecule has 1 aliphatic rings. The second-order valence-electron chi connectivity index (χ2n) is 5.57. The zero-order valence-corrected chi connectivity index (χ0v) is 11.3. The van der Waals surface area contributed by atoms with Gasteiger partial charge in [-0.05, 0) is 42.6 Å². The highest BCUT2D eigenvalue weighted by Gasteiger charge is 2.43. The van der Waals surface area contributed by atoms with Gasteiger partial charge in [0.05, 0.1) is 0 Å². The normalized spacial score (nSPS) is 23.0. The molecule has 1 aliphatic heterocycles. The van der Waals surface area contributed by atoms with Crippen molar-refractivity contribution >= 4 is 5.78 Å². The van der Waals surface area contributed by atoms with Gasteiger partial charge in [-0.3, -0.25) is 4.79 Å². The van der Waals surface area contributed by atoms with Gasteiger partial charge < -0.3 is 5.32 Å². The minimum absolute atomic E-state index is 0.00278. The quantitative estimate of drug-likeness (QED) is 0.908. The van der Waals surface area contributed by atoms with Crippen LogP contribution in [-0.4, -0.2) is 18.9 Å². The lowest BCUT2D eigenvalue weighted by Gasteiger charge is -2.31. The molecule has 4 heteroatoms. The van der Waals surface area contributed by atoms with E-state index in [1.54, 1.807) is 0 Å². The number of hydrogen-bond donors (Lipinski definition) is 1. The summed E-state index contributed by atoms with van der Waals surface area (Å²) in [6.45, 7) is 5.44. The van der Waals surface area contributed by atoms with Crippen molar-refractivity contribution in [1.82, 2.24) is 5.32 Å². The molecule has 104 valence electrons. The van der Waals surface area contributed by atoms with Crippen LogP contribution in [0.25, 0.3) is 0 Å². The van der Waals surface area contributed by atoms with Gasteiger partial charge in [0.1, 0.15) is 17.4 Å². The van der Waals surface area contributed by atoms with Gasteiger partial charge in [0.15, 0.2) is 0 Å². The van der Waals surface area contributed by atoms with Crippen molar-refractivity contribution in [2.45, 2.75) is 26.7 Å². The molecule has 1 aromatic carbocycles. The first kappa shape index (κ1) is 14.1. The first-order chi connectivity index (χ1) is 8.95. The molecule has 19 heavy (non-hydrogen) atoms. The van der Waals surface area contributed by atoms with E-state index in [0.29, 0.717) is 6.54 Å². The second kappa shape index (κ2) is 5.37. The summed E-state index contributed by atoms with van der Waals surface area (Å²) in [5, 5.41) is 3.20. The van der Waals surface area contributed by atoms with Crippen LogP contribution in [0.3, 0.4) is 0 Å². The van der Waals surface area contributed by atoms with Crippen LogP contribution in [-0.2, 0) is 11.2 Å². The van der Waals surface area contributed by atoms with Crippen molar-refractivity contribution in [2.24, 2.45) is 11.3 Å². The molecular formula is C15H19F2NO. The van der Waals surface area contributed by atoms with Gasteiger partial charge in [0, 0.05) is 18.4 Å². The molecule has 0 aliphatic carbocycles. The third kappa shape index (κ3) is 2.68. The maximum atomic E-state index is 13.6. The minimum Gasteiger partial charge on any atom is -0.316 e. The smallest absolute Gasteiger partial charge is 0.145 e. The predicted octanol–water partition coefficient (Wildman–Crippen LogP) is 2.71.